The topological polar surface area (TPSA) is 90.2 Å². The zero-order chi connectivity index (χ0) is 20.2. The van der Waals surface area contributed by atoms with Gasteiger partial charge in [-0.15, -0.1) is 5.10 Å². The average molecular weight is 391 g/mol. The quantitative estimate of drug-likeness (QED) is 0.641. The summed E-state index contributed by atoms with van der Waals surface area (Å²) >= 11 is 0. The van der Waals surface area contributed by atoms with E-state index in [0.717, 1.165) is 11.1 Å². The summed E-state index contributed by atoms with van der Waals surface area (Å²) in [5, 5.41) is 11.8. The van der Waals surface area contributed by atoms with Gasteiger partial charge in [0.25, 0.3) is 0 Å². The van der Waals surface area contributed by atoms with Gasteiger partial charge in [-0.05, 0) is 46.2 Å². The van der Waals surface area contributed by atoms with Crippen LogP contribution in [0.3, 0.4) is 0 Å². The molecule has 0 N–H and O–H groups in total. The lowest BCUT2D eigenvalue weighted by Crippen LogP contribution is -2.39. The molecule has 0 spiro atoms. The van der Waals surface area contributed by atoms with Gasteiger partial charge in [0.2, 0.25) is 11.8 Å². The first-order chi connectivity index (χ1) is 14.2. The maximum atomic E-state index is 12.2. The summed E-state index contributed by atoms with van der Waals surface area (Å²) in [5.41, 5.74) is 2.67. The second-order valence-corrected chi connectivity index (χ2v) is 6.79. The molecule has 0 bridgehead atoms. The molecule has 0 atom stereocenters. The molecular weight excluding hydrogens is 370 g/mol. The van der Waals surface area contributed by atoms with Crippen LogP contribution in [0.25, 0.3) is 0 Å². The van der Waals surface area contributed by atoms with Crippen molar-refractivity contribution in [2.75, 3.05) is 4.90 Å². The molecule has 8 nitrogen and oxygen atoms in total. The van der Waals surface area contributed by atoms with Gasteiger partial charge in [-0.25, -0.2) is 4.68 Å². The monoisotopic (exact) mass is 391 g/mol. The van der Waals surface area contributed by atoms with Crippen molar-refractivity contribution in [3.05, 3.63) is 65.5 Å². The van der Waals surface area contributed by atoms with Gasteiger partial charge in [0.05, 0.1) is 12.2 Å². The van der Waals surface area contributed by atoms with E-state index in [1.165, 1.54) is 4.90 Å². The molecule has 0 radical (unpaired) electrons. The fraction of sp³-hybridized carbons (Fsp3) is 0.286. The number of fused-ring (bicyclic) bond motifs is 1. The van der Waals surface area contributed by atoms with Gasteiger partial charge in [-0.2, -0.15) is 0 Å². The minimum absolute atomic E-state index is 0.155. The molecule has 2 aromatic carbocycles. The Morgan fingerprint density at radius 1 is 1.14 bits per heavy atom. The number of rotatable bonds is 6. The maximum Gasteiger partial charge on any atom is 0.234 e. The molecular formula is C21H21N5O3. The van der Waals surface area contributed by atoms with E-state index < -0.39 is 0 Å². The van der Waals surface area contributed by atoms with Crippen molar-refractivity contribution >= 4 is 17.5 Å². The molecule has 3 aromatic rings. The Bertz CT molecular complexity index is 1030. The van der Waals surface area contributed by atoms with Crippen LogP contribution >= 0.6 is 0 Å². The first-order valence-corrected chi connectivity index (χ1v) is 9.56. The first kappa shape index (κ1) is 18.8. The number of anilines is 1. The number of carbonyl (C=O) groups is 2. The Balaban J connectivity index is 1.47. The molecule has 29 heavy (non-hydrogen) atoms. The van der Waals surface area contributed by atoms with Crippen LogP contribution in [0.1, 0.15) is 36.7 Å². The van der Waals surface area contributed by atoms with E-state index in [0.29, 0.717) is 36.6 Å². The van der Waals surface area contributed by atoms with Crippen LogP contribution in [0.4, 0.5) is 5.69 Å². The third kappa shape index (κ3) is 4.01. The van der Waals surface area contributed by atoms with Gasteiger partial charge in [0.15, 0.2) is 5.82 Å². The normalized spacial score (nSPS) is 13.3. The van der Waals surface area contributed by atoms with Crippen molar-refractivity contribution in [1.82, 2.24) is 20.2 Å². The summed E-state index contributed by atoms with van der Waals surface area (Å²) in [6, 6.07) is 15.3. The minimum Gasteiger partial charge on any atom is -0.486 e. The van der Waals surface area contributed by atoms with Crippen LogP contribution in [-0.4, -0.2) is 32.0 Å². The van der Waals surface area contributed by atoms with Crippen LogP contribution in [0.15, 0.2) is 48.5 Å². The molecule has 4 rings (SSSR count). The van der Waals surface area contributed by atoms with Crippen molar-refractivity contribution in [3.63, 3.8) is 0 Å². The first-order valence-electron chi connectivity index (χ1n) is 9.56. The number of hydrogen-bond acceptors (Lipinski definition) is 6. The van der Waals surface area contributed by atoms with E-state index in [-0.39, 0.29) is 24.8 Å². The van der Waals surface area contributed by atoms with Crippen LogP contribution < -0.4 is 9.64 Å². The molecule has 0 fully saturated rings. The third-order valence-electron chi connectivity index (χ3n) is 4.85. The molecule has 148 valence electrons. The van der Waals surface area contributed by atoms with Gasteiger partial charge in [0.1, 0.15) is 12.4 Å². The molecule has 1 aliphatic heterocycles. The standard InChI is InChI=1S/C21H21N5O3/c1-2-20(27)26-18-10-9-17(12-16(18)8-11-21(26)28)29-14-19-22-23-24-25(19)13-15-6-4-3-5-7-15/h3-7,9-10,12H,2,8,11,13-14H2,1H3. The smallest absolute Gasteiger partial charge is 0.234 e. The summed E-state index contributed by atoms with van der Waals surface area (Å²) in [6.45, 7) is 2.53. The Kier molecular flexibility index (Phi) is 5.33. The lowest BCUT2D eigenvalue weighted by Gasteiger charge is -2.27. The average Bonchev–Trinajstić information content (AvgIpc) is 3.19. The van der Waals surface area contributed by atoms with Crippen LogP contribution in [-0.2, 0) is 29.2 Å². The fourth-order valence-corrected chi connectivity index (χ4v) is 3.34. The number of benzene rings is 2. The Morgan fingerprint density at radius 2 is 1.97 bits per heavy atom. The fourth-order valence-electron chi connectivity index (χ4n) is 3.34. The highest BCUT2D eigenvalue weighted by Crippen LogP contribution is 2.31. The maximum absolute atomic E-state index is 12.2. The van der Waals surface area contributed by atoms with E-state index >= 15 is 0 Å². The summed E-state index contributed by atoms with van der Waals surface area (Å²) < 4.78 is 7.59. The number of ether oxygens (including phenoxy) is 1. The second-order valence-electron chi connectivity index (χ2n) is 6.79. The molecule has 2 amide bonds. The molecule has 1 aliphatic rings. The molecule has 1 aromatic heterocycles. The van der Waals surface area contributed by atoms with E-state index in [1.807, 2.05) is 36.4 Å². The van der Waals surface area contributed by atoms with Crippen molar-refractivity contribution in [2.24, 2.45) is 0 Å². The SMILES string of the molecule is CCC(=O)N1C(=O)CCc2cc(OCc3nnnn3Cc3ccccc3)ccc21. The molecule has 0 unspecified atom stereocenters. The molecule has 8 heteroatoms. The summed E-state index contributed by atoms with van der Waals surface area (Å²) in [6.07, 6.45) is 1.19. The lowest BCUT2D eigenvalue weighted by molar-refractivity contribution is -0.126. The Morgan fingerprint density at radius 3 is 2.76 bits per heavy atom. The number of nitrogens with zero attached hydrogens (tertiary/aromatic N) is 5. The zero-order valence-corrected chi connectivity index (χ0v) is 16.1. The van der Waals surface area contributed by atoms with Gasteiger partial charge in [-0.1, -0.05) is 37.3 Å². The third-order valence-corrected chi connectivity index (χ3v) is 4.85. The highest BCUT2D eigenvalue weighted by molar-refractivity contribution is 6.16. The van der Waals surface area contributed by atoms with Crippen molar-refractivity contribution in [1.29, 1.82) is 0 Å². The van der Waals surface area contributed by atoms with E-state index in [9.17, 15) is 9.59 Å². The predicted octanol–water partition coefficient (Wildman–Crippen LogP) is 2.52. The highest BCUT2D eigenvalue weighted by atomic mass is 16.5. The van der Waals surface area contributed by atoms with Crippen LogP contribution in [0, 0.1) is 0 Å². The molecule has 0 aliphatic carbocycles. The second kappa shape index (κ2) is 8.22. The summed E-state index contributed by atoms with van der Waals surface area (Å²) in [7, 11) is 0. The number of imide groups is 1. The van der Waals surface area contributed by atoms with E-state index in [4.69, 9.17) is 4.74 Å². The van der Waals surface area contributed by atoms with Crippen LogP contribution in [0.2, 0.25) is 0 Å². The largest absolute Gasteiger partial charge is 0.486 e. The van der Waals surface area contributed by atoms with Gasteiger partial charge in [-0.3, -0.25) is 14.5 Å². The molecule has 0 saturated carbocycles. The minimum atomic E-state index is -0.190. The number of aryl methyl sites for hydroxylation is 1. The van der Waals surface area contributed by atoms with Crippen LogP contribution in [0.5, 0.6) is 5.75 Å². The summed E-state index contributed by atoms with van der Waals surface area (Å²) in [4.78, 5) is 25.6. The molecule has 0 saturated heterocycles. The number of amides is 2. The van der Waals surface area contributed by atoms with Crippen molar-refractivity contribution in [3.8, 4) is 5.75 Å². The van der Waals surface area contributed by atoms with Crippen molar-refractivity contribution in [2.45, 2.75) is 39.3 Å². The number of tetrazole rings is 1. The van der Waals surface area contributed by atoms with Gasteiger partial charge >= 0.3 is 0 Å². The summed E-state index contributed by atoms with van der Waals surface area (Å²) in [5.74, 6) is 0.920. The molecule has 2 heterocycles. The zero-order valence-electron chi connectivity index (χ0n) is 16.1. The van der Waals surface area contributed by atoms with Gasteiger partial charge < -0.3 is 4.74 Å². The van der Waals surface area contributed by atoms with Gasteiger partial charge in [0, 0.05) is 12.8 Å². The Hall–Kier alpha value is -3.55. The number of aromatic nitrogens is 4. The lowest BCUT2D eigenvalue weighted by atomic mass is 10.0. The number of hydrogen-bond donors (Lipinski definition) is 0. The van der Waals surface area contributed by atoms with E-state index in [2.05, 4.69) is 15.5 Å². The number of carbonyl (C=O) groups excluding carboxylic acids is 2. The van der Waals surface area contributed by atoms with Crippen molar-refractivity contribution < 1.29 is 14.3 Å². The van der Waals surface area contributed by atoms with E-state index in [1.54, 1.807) is 23.7 Å². The Labute approximate surface area is 168 Å². The predicted molar refractivity (Wildman–Crippen MR) is 105 cm³/mol. The highest BCUT2D eigenvalue weighted by Gasteiger charge is 2.28.